The van der Waals surface area contributed by atoms with E-state index in [4.69, 9.17) is 0 Å². The van der Waals surface area contributed by atoms with Crippen LogP contribution in [0.1, 0.15) is 24.1 Å². The van der Waals surface area contributed by atoms with Gasteiger partial charge in [0.1, 0.15) is 25.0 Å². The maximum atomic E-state index is 12.1. The summed E-state index contributed by atoms with van der Waals surface area (Å²) in [5.41, 5.74) is 2.33. The summed E-state index contributed by atoms with van der Waals surface area (Å²) in [6, 6.07) is -0.282. The molecule has 3 heterocycles. The predicted octanol–water partition coefficient (Wildman–Crippen LogP) is -1.29. The highest BCUT2D eigenvalue weighted by molar-refractivity contribution is 5.76. The van der Waals surface area contributed by atoms with E-state index in [0.717, 1.165) is 37.3 Å². The minimum absolute atomic E-state index is 0.0410. The molecule has 2 N–H and O–H groups in total. The minimum Gasteiger partial charge on any atom is -0.389 e. The van der Waals surface area contributed by atoms with Crippen LogP contribution in [0, 0.1) is 0 Å². The number of aromatic nitrogens is 6. The smallest absolute Gasteiger partial charge is 0.242 e. The zero-order valence-corrected chi connectivity index (χ0v) is 13.7. The van der Waals surface area contributed by atoms with Crippen LogP contribution in [-0.2, 0) is 24.2 Å². The molecule has 2 unspecified atom stereocenters. The zero-order valence-electron chi connectivity index (χ0n) is 13.7. The third-order valence-corrected chi connectivity index (χ3v) is 4.78. The Morgan fingerprint density at radius 2 is 2.28 bits per heavy atom. The molecule has 10 heteroatoms. The summed E-state index contributed by atoms with van der Waals surface area (Å²) in [5, 5.41) is 24.0. The molecule has 1 aliphatic carbocycles. The number of amides is 1. The van der Waals surface area contributed by atoms with E-state index in [2.05, 4.69) is 35.7 Å². The lowest BCUT2D eigenvalue weighted by Gasteiger charge is -2.37. The summed E-state index contributed by atoms with van der Waals surface area (Å²) in [4.78, 5) is 22.9. The van der Waals surface area contributed by atoms with Gasteiger partial charge in [0.25, 0.3) is 0 Å². The number of carbonyl (C=O) groups is 1. The van der Waals surface area contributed by atoms with Gasteiger partial charge in [-0.05, 0) is 36.1 Å². The van der Waals surface area contributed by atoms with Crippen LogP contribution in [0.15, 0.2) is 12.7 Å². The first-order chi connectivity index (χ1) is 12.2. The molecule has 2 aromatic rings. The number of rotatable bonds is 4. The topological polar surface area (TPSA) is 122 Å². The average molecular weight is 344 g/mol. The van der Waals surface area contributed by atoms with Crippen molar-refractivity contribution < 1.29 is 9.90 Å². The van der Waals surface area contributed by atoms with Gasteiger partial charge < -0.3 is 15.3 Å². The van der Waals surface area contributed by atoms with Gasteiger partial charge in [0, 0.05) is 24.3 Å². The SMILES string of the molecule is O=C(Cn1cnnn1)NC1CCN(c2ncnc3c2CCC3)CC1O. The second kappa shape index (κ2) is 6.71. The van der Waals surface area contributed by atoms with Crippen molar-refractivity contribution in [2.75, 3.05) is 18.0 Å². The lowest BCUT2D eigenvalue weighted by molar-refractivity contribution is -0.123. The fourth-order valence-electron chi connectivity index (χ4n) is 3.56. The van der Waals surface area contributed by atoms with Crippen molar-refractivity contribution in [3.63, 3.8) is 0 Å². The first-order valence-corrected chi connectivity index (χ1v) is 8.46. The molecule has 2 atom stereocenters. The quantitative estimate of drug-likeness (QED) is 0.702. The van der Waals surface area contributed by atoms with Crippen LogP contribution < -0.4 is 10.2 Å². The number of aliphatic hydroxyl groups excluding tert-OH is 1. The first kappa shape index (κ1) is 15.9. The number of carbonyl (C=O) groups excluding carboxylic acids is 1. The number of hydrogen-bond donors (Lipinski definition) is 2. The largest absolute Gasteiger partial charge is 0.389 e. The van der Waals surface area contributed by atoms with Crippen molar-refractivity contribution in [1.29, 1.82) is 0 Å². The fourth-order valence-corrected chi connectivity index (χ4v) is 3.56. The first-order valence-electron chi connectivity index (χ1n) is 8.46. The Labute approximate surface area is 144 Å². The highest BCUT2D eigenvalue weighted by Gasteiger charge is 2.31. The van der Waals surface area contributed by atoms with Crippen LogP contribution >= 0.6 is 0 Å². The molecule has 0 radical (unpaired) electrons. The third-order valence-electron chi connectivity index (χ3n) is 4.78. The van der Waals surface area contributed by atoms with Crippen molar-refractivity contribution in [3.05, 3.63) is 23.9 Å². The Bertz CT molecular complexity index is 750. The molecule has 2 aromatic heterocycles. The molecule has 10 nitrogen and oxygen atoms in total. The number of tetrazole rings is 1. The fraction of sp³-hybridized carbons (Fsp3) is 0.600. The maximum Gasteiger partial charge on any atom is 0.242 e. The number of nitrogens with zero attached hydrogens (tertiary/aromatic N) is 7. The molecule has 132 valence electrons. The van der Waals surface area contributed by atoms with Crippen LogP contribution in [0.3, 0.4) is 0 Å². The maximum absolute atomic E-state index is 12.1. The van der Waals surface area contributed by atoms with E-state index >= 15 is 0 Å². The van der Waals surface area contributed by atoms with Gasteiger partial charge in [-0.3, -0.25) is 4.79 Å². The van der Waals surface area contributed by atoms with Gasteiger partial charge in [0.15, 0.2) is 0 Å². The molecule has 1 fully saturated rings. The van der Waals surface area contributed by atoms with E-state index < -0.39 is 6.10 Å². The lowest BCUT2D eigenvalue weighted by atomic mass is 10.0. The predicted molar refractivity (Wildman–Crippen MR) is 86.6 cm³/mol. The third kappa shape index (κ3) is 3.29. The van der Waals surface area contributed by atoms with Gasteiger partial charge in [-0.15, -0.1) is 5.10 Å². The van der Waals surface area contributed by atoms with Gasteiger partial charge in [0.2, 0.25) is 5.91 Å². The number of anilines is 1. The number of β-amino-alcohol motifs (C(OH)–C–C–N with tert-alkyl or cyclic N) is 1. The summed E-state index contributed by atoms with van der Waals surface area (Å²) in [6.07, 6.45) is 6.08. The number of fused-ring (bicyclic) bond motifs is 1. The molecule has 25 heavy (non-hydrogen) atoms. The number of aliphatic hydroxyl groups is 1. The van der Waals surface area contributed by atoms with E-state index in [1.165, 1.54) is 16.6 Å². The highest BCUT2D eigenvalue weighted by atomic mass is 16.3. The van der Waals surface area contributed by atoms with E-state index in [1.54, 1.807) is 6.33 Å². The Morgan fingerprint density at radius 3 is 3.08 bits per heavy atom. The Hall–Kier alpha value is -2.62. The van der Waals surface area contributed by atoms with Crippen LogP contribution in [-0.4, -0.2) is 66.4 Å². The molecule has 0 saturated carbocycles. The van der Waals surface area contributed by atoms with Crippen LogP contribution in [0.2, 0.25) is 0 Å². The zero-order chi connectivity index (χ0) is 17.2. The summed E-state index contributed by atoms with van der Waals surface area (Å²) in [6.45, 7) is 1.22. The van der Waals surface area contributed by atoms with Gasteiger partial charge >= 0.3 is 0 Å². The molecular weight excluding hydrogens is 324 g/mol. The number of nitrogens with one attached hydrogen (secondary N) is 1. The van der Waals surface area contributed by atoms with Crippen molar-refractivity contribution in [1.82, 2.24) is 35.5 Å². The molecule has 0 aromatic carbocycles. The van der Waals surface area contributed by atoms with Crippen LogP contribution in [0.5, 0.6) is 0 Å². The monoisotopic (exact) mass is 344 g/mol. The molecule has 0 spiro atoms. The molecular formula is C15H20N8O2. The van der Waals surface area contributed by atoms with Crippen LogP contribution in [0.4, 0.5) is 5.82 Å². The number of aryl methyl sites for hydroxylation is 1. The number of piperidine rings is 1. The average Bonchev–Trinajstić information content (AvgIpc) is 3.27. The van der Waals surface area contributed by atoms with E-state index in [1.807, 2.05) is 0 Å². The second-order valence-electron chi connectivity index (χ2n) is 6.46. The van der Waals surface area contributed by atoms with Crippen molar-refractivity contribution in [3.8, 4) is 0 Å². The summed E-state index contributed by atoms with van der Waals surface area (Å²) < 4.78 is 1.35. The normalized spacial score (nSPS) is 22.7. The van der Waals surface area contributed by atoms with Gasteiger partial charge in [-0.2, -0.15) is 0 Å². The molecule has 4 rings (SSSR count). The minimum atomic E-state index is -0.654. The van der Waals surface area contributed by atoms with Gasteiger partial charge in [-0.1, -0.05) is 0 Å². The van der Waals surface area contributed by atoms with Crippen molar-refractivity contribution >= 4 is 11.7 Å². The van der Waals surface area contributed by atoms with E-state index in [-0.39, 0.29) is 18.5 Å². The van der Waals surface area contributed by atoms with Gasteiger partial charge in [0.05, 0.1) is 12.1 Å². The van der Waals surface area contributed by atoms with Crippen molar-refractivity contribution in [2.24, 2.45) is 0 Å². The molecule has 1 aliphatic heterocycles. The highest BCUT2D eigenvalue weighted by Crippen LogP contribution is 2.29. The van der Waals surface area contributed by atoms with Crippen molar-refractivity contribution in [2.45, 2.75) is 44.4 Å². The Balaban J connectivity index is 1.38. The van der Waals surface area contributed by atoms with Crippen LogP contribution in [0.25, 0.3) is 0 Å². The van der Waals surface area contributed by atoms with E-state index in [9.17, 15) is 9.90 Å². The molecule has 0 bridgehead atoms. The second-order valence-corrected chi connectivity index (χ2v) is 6.46. The summed E-state index contributed by atoms with van der Waals surface area (Å²) >= 11 is 0. The molecule has 1 amide bonds. The molecule has 1 saturated heterocycles. The Kier molecular flexibility index (Phi) is 4.26. The summed E-state index contributed by atoms with van der Waals surface area (Å²) in [7, 11) is 0. The molecule has 2 aliphatic rings. The number of hydrogen-bond acceptors (Lipinski definition) is 8. The summed E-state index contributed by atoms with van der Waals surface area (Å²) in [5.74, 6) is 0.716. The lowest BCUT2D eigenvalue weighted by Crippen LogP contribution is -2.55. The van der Waals surface area contributed by atoms with E-state index in [0.29, 0.717) is 13.0 Å². The Morgan fingerprint density at radius 1 is 1.36 bits per heavy atom. The van der Waals surface area contributed by atoms with Gasteiger partial charge in [-0.25, -0.2) is 14.6 Å². The standard InChI is InChI=1S/C15H20N8O2/c24-13-6-22(15-10-2-1-3-11(10)16-8-17-15)5-4-12(13)19-14(25)7-23-9-18-20-21-23/h8-9,12-13,24H,1-7H2,(H,19,25).